The normalized spacial score (nSPS) is 35.2. The second-order valence-corrected chi connectivity index (χ2v) is 10.6. The molecule has 9 atom stereocenters. The van der Waals surface area contributed by atoms with Crippen molar-refractivity contribution in [1.82, 2.24) is 0 Å². The summed E-state index contributed by atoms with van der Waals surface area (Å²) in [6, 6.07) is 6.92. The number of esters is 1. The predicted molar refractivity (Wildman–Crippen MR) is 134 cm³/mol. The number of hydrogen-bond acceptors (Lipinski definition) is 13. The Morgan fingerprint density at radius 1 is 0.878 bits per heavy atom. The number of cyclic esters (lactones) is 1. The molecule has 0 radical (unpaired) electrons. The summed E-state index contributed by atoms with van der Waals surface area (Å²) in [6.45, 7) is 0.230. The number of aliphatic hydroxyl groups is 2. The third kappa shape index (κ3) is 4.18. The molecule has 9 unspecified atom stereocenters. The van der Waals surface area contributed by atoms with Crippen molar-refractivity contribution in [2.24, 2.45) is 11.8 Å². The maximum atomic E-state index is 13.4. The first kappa shape index (κ1) is 26.6. The van der Waals surface area contributed by atoms with Crippen molar-refractivity contribution in [2.75, 3.05) is 41.0 Å². The fourth-order valence-corrected chi connectivity index (χ4v) is 6.57. The Hall–Kier alpha value is -3.33. The Bertz CT molecular complexity index is 1320. The molecule has 2 aromatic rings. The summed E-state index contributed by atoms with van der Waals surface area (Å²) >= 11 is 0. The van der Waals surface area contributed by atoms with Crippen LogP contribution in [0.25, 0.3) is 0 Å². The topological polar surface area (TPSA) is 161 Å². The van der Waals surface area contributed by atoms with Crippen molar-refractivity contribution >= 4 is 5.97 Å². The molecule has 0 spiro atoms. The quantitative estimate of drug-likeness (QED) is 0.434. The molecule has 5 aliphatic rings. The van der Waals surface area contributed by atoms with Gasteiger partial charge >= 0.3 is 5.97 Å². The summed E-state index contributed by atoms with van der Waals surface area (Å²) in [7, 11) is 2.86. The molecule has 41 heavy (non-hydrogen) atoms. The van der Waals surface area contributed by atoms with Crippen LogP contribution in [0.1, 0.15) is 28.7 Å². The standard InChI is InChI=1S/C28H30O13/c1-33-17-3-11(4-18(34-2)22(17)29)20-12-5-15-16(38-10-37-15)6-13(12)25(14-7-36-27(32)21(14)20)41-28-24(31)23(30)26-19(40-28)8-35-9-39-26/h3-6,14,19-21,23-26,28-31H,7-10H2,1-2H3. The van der Waals surface area contributed by atoms with E-state index in [4.69, 9.17) is 42.6 Å². The second kappa shape index (κ2) is 10.2. The van der Waals surface area contributed by atoms with Gasteiger partial charge in [0.05, 0.1) is 39.5 Å². The minimum atomic E-state index is -1.42. The molecule has 0 aromatic heterocycles. The summed E-state index contributed by atoms with van der Waals surface area (Å²) in [5.74, 6) is -1.01. The number of hydrogen-bond donors (Lipinski definition) is 3. The van der Waals surface area contributed by atoms with Crippen LogP contribution in [0.5, 0.6) is 28.7 Å². The molecule has 3 saturated heterocycles. The lowest BCUT2D eigenvalue weighted by Gasteiger charge is -2.46. The Morgan fingerprint density at radius 2 is 1.59 bits per heavy atom. The van der Waals surface area contributed by atoms with Crippen LogP contribution in [0.3, 0.4) is 0 Å². The number of carbonyl (C=O) groups excluding carboxylic acids is 1. The smallest absolute Gasteiger partial charge is 0.310 e. The number of rotatable bonds is 5. The van der Waals surface area contributed by atoms with Gasteiger partial charge in [0.1, 0.15) is 31.2 Å². The zero-order chi connectivity index (χ0) is 28.4. The van der Waals surface area contributed by atoms with Crippen LogP contribution in [-0.2, 0) is 28.5 Å². The average Bonchev–Trinajstić information content (AvgIpc) is 3.61. The molecular formula is C28H30O13. The molecule has 2 aromatic carbocycles. The van der Waals surface area contributed by atoms with E-state index < -0.39 is 60.5 Å². The fraction of sp³-hybridized carbons (Fsp3) is 0.536. The highest BCUT2D eigenvalue weighted by atomic mass is 16.7. The summed E-state index contributed by atoms with van der Waals surface area (Å²) in [6.07, 6.45) is -6.16. The van der Waals surface area contributed by atoms with E-state index in [0.717, 1.165) is 0 Å². The van der Waals surface area contributed by atoms with Crippen LogP contribution < -0.4 is 18.9 Å². The monoisotopic (exact) mass is 574 g/mol. The SMILES string of the molecule is COc1cc(C2c3cc4c(cc3C(OC3OC5COCOC5C(O)C3O)C3COC(=O)C23)OCO4)cc(OC)c1O. The van der Waals surface area contributed by atoms with E-state index in [1.165, 1.54) is 14.2 Å². The Balaban J connectivity index is 1.33. The molecule has 13 heteroatoms. The first-order valence-corrected chi connectivity index (χ1v) is 13.3. The van der Waals surface area contributed by atoms with Gasteiger partial charge < -0.3 is 58.0 Å². The summed E-state index contributed by atoms with van der Waals surface area (Å²) in [5, 5.41) is 32.3. The lowest BCUT2D eigenvalue weighted by atomic mass is 9.66. The van der Waals surface area contributed by atoms with Crippen molar-refractivity contribution in [2.45, 2.75) is 42.7 Å². The first-order chi connectivity index (χ1) is 19.9. The van der Waals surface area contributed by atoms with Gasteiger partial charge in [-0.15, -0.1) is 0 Å². The molecule has 7 rings (SSSR count). The van der Waals surface area contributed by atoms with Crippen LogP contribution in [0.15, 0.2) is 24.3 Å². The molecule has 4 heterocycles. The molecule has 0 saturated carbocycles. The zero-order valence-corrected chi connectivity index (χ0v) is 22.3. The Labute approximate surface area is 234 Å². The highest BCUT2D eigenvalue weighted by Gasteiger charge is 2.55. The van der Waals surface area contributed by atoms with Gasteiger partial charge in [0.2, 0.25) is 12.5 Å². The minimum absolute atomic E-state index is 0.0135. The molecule has 3 fully saturated rings. The largest absolute Gasteiger partial charge is 0.502 e. The van der Waals surface area contributed by atoms with Gasteiger partial charge in [-0.2, -0.15) is 0 Å². The molecule has 0 bridgehead atoms. The van der Waals surface area contributed by atoms with E-state index in [1.54, 1.807) is 24.3 Å². The van der Waals surface area contributed by atoms with Crippen LogP contribution >= 0.6 is 0 Å². The number of carbonyl (C=O) groups is 1. The molecule has 3 N–H and O–H groups in total. The van der Waals surface area contributed by atoms with Gasteiger partial charge in [0.15, 0.2) is 29.3 Å². The van der Waals surface area contributed by atoms with Crippen LogP contribution in [0.2, 0.25) is 0 Å². The number of phenols is 1. The average molecular weight is 575 g/mol. The zero-order valence-electron chi connectivity index (χ0n) is 22.3. The predicted octanol–water partition coefficient (Wildman–Crippen LogP) is 0.950. The third-order valence-corrected chi connectivity index (χ3v) is 8.53. The van der Waals surface area contributed by atoms with Crippen molar-refractivity contribution < 1.29 is 62.7 Å². The van der Waals surface area contributed by atoms with Crippen molar-refractivity contribution in [3.8, 4) is 28.7 Å². The van der Waals surface area contributed by atoms with Crippen molar-refractivity contribution in [3.05, 3.63) is 41.0 Å². The third-order valence-electron chi connectivity index (χ3n) is 8.53. The minimum Gasteiger partial charge on any atom is -0.502 e. The highest BCUT2D eigenvalue weighted by Crippen LogP contribution is 2.57. The number of fused-ring (bicyclic) bond motifs is 4. The van der Waals surface area contributed by atoms with Crippen molar-refractivity contribution in [3.63, 3.8) is 0 Å². The number of ether oxygens (including phenoxy) is 9. The maximum Gasteiger partial charge on any atom is 0.310 e. The highest BCUT2D eigenvalue weighted by molar-refractivity contribution is 5.79. The number of benzene rings is 2. The molecular weight excluding hydrogens is 544 g/mol. The van der Waals surface area contributed by atoms with E-state index in [2.05, 4.69) is 0 Å². The number of aromatic hydroxyl groups is 1. The molecule has 1 aliphatic carbocycles. The molecule has 4 aliphatic heterocycles. The summed E-state index contributed by atoms with van der Waals surface area (Å²) in [5.41, 5.74) is 2.02. The van der Waals surface area contributed by atoms with Crippen LogP contribution in [-0.4, -0.2) is 93.0 Å². The molecule has 0 amide bonds. The van der Waals surface area contributed by atoms with E-state index in [9.17, 15) is 20.1 Å². The van der Waals surface area contributed by atoms with Crippen LogP contribution in [0.4, 0.5) is 0 Å². The van der Waals surface area contributed by atoms with Gasteiger partial charge in [-0.25, -0.2) is 0 Å². The van der Waals surface area contributed by atoms with E-state index in [-0.39, 0.29) is 44.0 Å². The Morgan fingerprint density at radius 3 is 2.29 bits per heavy atom. The lowest BCUT2D eigenvalue weighted by molar-refractivity contribution is -0.349. The summed E-state index contributed by atoms with van der Waals surface area (Å²) in [4.78, 5) is 13.4. The Kier molecular flexibility index (Phi) is 6.60. The lowest BCUT2D eigenvalue weighted by Crippen LogP contribution is -2.62. The fourth-order valence-electron chi connectivity index (χ4n) is 6.57. The van der Waals surface area contributed by atoms with E-state index in [0.29, 0.717) is 28.2 Å². The van der Waals surface area contributed by atoms with Crippen molar-refractivity contribution in [1.29, 1.82) is 0 Å². The number of methoxy groups -OCH3 is 2. The van der Waals surface area contributed by atoms with E-state index in [1.807, 2.05) is 0 Å². The number of phenolic OH excluding ortho intramolecular Hbond substituents is 1. The van der Waals surface area contributed by atoms with Gasteiger partial charge in [-0.05, 0) is 41.0 Å². The van der Waals surface area contributed by atoms with E-state index >= 15 is 0 Å². The first-order valence-electron chi connectivity index (χ1n) is 13.3. The van der Waals surface area contributed by atoms with Gasteiger partial charge in [0.25, 0.3) is 0 Å². The van der Waals surface area contributed by atoms with Gasteiger partial charge in [-0.3, -0.25) is 4.79 Å². The molecule has 13 nitrogen and oxygen atoms in total. The summed E-state index contributed by atoms with van der Waals surface area (Å²) < 4.78 is 51.0. The molecule has 220 valence electrons. The van der Waals surface area contributed by atoms with Gasteiger partial charge in [0, 0.05) is 11.8 Å². The van der Waals surface area contributed by atoms with Gasteiger partial charge in [-0.1, -0.05) is 0 Å². The number of aliphatic hydroxyl groups excluding tert-OH is 2. The second-order valence-electron chi connectivity index (χ2n) is 10.6. The van der Waals surface area contributed by atoms with Crippen LogP contribution in [0, 0.1) is 11.8 Å². The maximum absolute atomic E-state index is 13.4.